The summed E-state index contributed by atoms with van der Waals surface area (Å²) >= 11 is 2.02. The fraction of sp³-hybridized carbons (Fsp3) is 0.643. The van der Waals surface area contributed by atoms with Gasteiger partial charge < -0.3 is 5.32 Å². The van der Waals surface area contributed by atoms with Crippen LogP contribution in [-0.2, 0) is 6.42 Å². The number of pyridine rings is 1. The van der Waals surface area contributed by atoms with Gasteiger partial charge in [-0.05, 0) is 24.6 Å². The van der Waals surface area contributed by atoms with Crippen LogP contribution in [0.1, 0.15) is 33.3 Å². The van der Waals surface area contributed by atoms with Crippen LogP contribution in [0.2, 0.25) is 0 Å². The maximum atomic E-state index is 4.17. The van der Waals surface area contributed by atoms with Crippen LogP contribution >= 0.6 is 11.8 Å². The van der Waals surface area contributed by atoms with Crippen molar-refractivity contribution in [1.29, 1.82) is 0 Å². The molecule has 0 spiro atoms. The van der Waals surface area contributed by atoms with E-state index >= 15 is 0 Å². The van der Waals surface area contributed by atoms with E-state index in [1.54, 1.807) is 0 Å². The zero-order valence-corrected chi connectivity index (χ0v) is 12.2. The highest BCUT2D eigenvalue weighted by Gasteiger charge is 2.15. The molecule has 96 valence electrons. The molecule has 0 aromatic carbocycles. The molecule has 1 aromatic rings. The fourth-order valence-corrected chi connectivity index (χ4v) is 2.57. The second-order valence-corrected chi connectivity index (χ2v) is 7.09. The molecule has 0 aliphatic rings. The molecule has 0 saturated heterocycles. The monoisotopic (exact) mass is 252 g/mol. The molecule has 0 amide bonds. The highest BCUT2D eigenvalue weighted by molar-refractivity contribution is 8.00. The van der Waals surface area contributed by atoms with Crippen LogP contribution in [0, 0.1) is 0 Å². The van der Waals surface area contributed by atoms with Gasteiger partial charge in [-0.3, -0.25) is 4.98 Å². The third kappa shape index (κ3) is 6.69. The third-order valence-electron chi connectivity index (χ3n) is 2.42. The largest absolute Gasteiger partial charge is 0.313 e. The highest BCUT2D eigenvalue weighted by atomic mass is 32.2. The Morgan fingerprint density at radius 2 is 2.18 bits per heavy atom. The molecule has 0 bridgehead atoms. The first kappa shape index (κ1) is 14.5. The molecule has 0 aliphatic carbocycles. The summed E-state index contributed by atoms with van der Waals surface area (Å²) in [4.78, 5) is 4.17. The van der Waals surface area contributed by atoms with Gasteiger partial charge in [0.05, 0.1) is 0 Å². The van der Waals surface area contributed by atoms with Crippen LogP contribution < -0.4 is 5.32 Å². The minimum Gasteiger partial charge on any atom is -0.313 e. The topological polar surface area (TPSA) is 24.9 Å². The number of hydrogen-bond acceptors (Lipinski definition) is 3. The molecule has 1 heterocycles. The number of likely N-dealkylation sites (N-methyl/N-ethyl adjacent to an activating group) is 1. The van der Waals surface area contributed by atoms with E-state index in [0.717, 1.165) is 18.7 Å². The summed E-state index contributed by atoms with van der Waals surface area (Å²) in [6.07, 6.45) is 4.85. The Morgan fingerprint density at radius 3 is 2.71 bits per heavy atom. The lowest BCUT2D eigenvalue weighted by Gasteiger charge is -2.23. The predicted octanol–water partition coefficient (Wildman–Crippen LogP) is 3.13. The van der Waals surface area contributed by atoms with E-state index in [2.05, 4.69) is 44.1 Å². The Labute approximate surface area is 110 Å². The van der Waals surface area contributed by atoms with Crippen molar-refractivity contribution in [3.8, 4) is 0 Å². The van der Waals surface area contributed by atoms with Crippen molar-refractivity contribution in [2.75, 3.05) is 12.3 Å². The van der Waals surface area contributed by atoms with Gasteiger partial charge in [-0.25, -0.2) is 0 Å². The molecule has 1 rings (SSSR count). The minimum absolute atomic E-state index is 0.336. The average Bonchev–Trinajstić information content (AvgIpc) is 2.27. The quantitative estimate of drug-likeness (QED) is 0.842. The lowest BCUT2D eigenvalue weighted by atomic mass is 10.1. The van der Waals surface area contributed by atoms with Gasteiger partial charge in [-0.15, -0.1) is 0 Å². The smallest absolute Gasteiger partial charge is 0.0300 e. The predicted molar refractivity (Wildman–Crippen MR) is 77.6 cm³/mol. The first-order valence-corrected chi connectivity index (χ1v) is 7.26. The van der Waals surface area contributed by atoms with E-state index in [0.29, 0.717) is 10.8 Å². The van der Waals surface area contributed by atoms with Crippen LogP contribution in [0.15, 0.2) is 24.5 Å². The number of aromatic nitrogens is 1. The van der Waals surface area contributed by atoms with Crippen LogP contribution in [0.25, 0.3) is 0 Å². The SMILES string of the molecule is CCNC(CSC(C)(C)C)Cc1cccnc1. The molecule has 1 aromatic heterocycles. The van der Waals surface area contributed by atoms with Gasteiger partial charge in [0.25, 0.3) is 0 Å². The van der Waals surface area contributed by atoms with Gasteiger partial charge in [-0.2, -0.15) is 11.8 Å². The van der Waals surface area contributed by atoms with Crippen molar-refractivity contribution in [2.24, 2.45) is 0 Å². The fourth-order valence-electron chi connectivity index (χ4n) is 1.63. The Hall–Kier alpha value is -0.540. The summed E-state index contributed by atoms with van der Waals surface area (Å²) in [6.45, 7) is 9.99. The average molecular weight is 252 g/mol. The van der Waals surface area contributed by atoms with Crippen LogP contribution in [0.5, 0.6) is 0 Å². The first-order chi connectivity index (χ1) is 8.01. The van der Waals surface area contributed by atoms with E-state index in [9.17, 15) is 0 Å². The molecule has 0 fully saturated rings. The lowest BCUT2D eigenvalue weighted by Crippen LogP contribution is -2.34. The first-order valence-electron chi connectivity index (χ1n) is 6.27. The zero-order valence-electron chi connectivity index (χ0n) is 11.4. The maximum absolute atomic E-state index is 4.17. The molecule has 0 aliphatic heterocycles. The number of nitrogens with one attached hydrogen (secondary N) is 1. The lowest BCUT2D eigenvalue weighted by molar-refractivity contribution is 0.569. The van der Waals surface area contributed by atoms with Gasteiger partial charge >= 0.3 is 0 Å². The molecule has 1 atom stereocenters. The number of nitrogens with zero attached hydrogens (tertiary/aromatic N) is 1. The van der Waals surface area contributed by atoms with Crippen LogP contribution in [0.3, 0.4) is 0 Å². The highest BCUT2D eigenvalue weighted by Crippen LogP contribution is 2.24. The Balaban J connectivity index is 2.49. The van der Waals surface area contributed by atoms with Crippen molar-refractivity contribution in [2.45, 2.75) is 44.9 Å². The standard InChI is InChI=1S/C14H24N2S/c1-5-16-13(11-17-14(2,3)4)9-12-7-6-8-15-10-12/h6-8,10,13,16H,5,9,11H2,1-4H3. The van der Waals surface area contributed by atoms with Crippen LogP contribution in [0.4, 0.5) is 0 Å². The van der Waals surface area contributed by atoms with E-state index in [1.165, 1.54) is 5.56 Å². The molecule has 2 nitrogen and oxygen atoms in total. The Kier molecular flexibility index (Phi) is 6.00. The van der Waals surface area contributed by atoms with Crippen molar-refractivity contribution in [3.05, 3.63) is 30.1 Å². The van der Waals surface area contributed by atoms with Crippen molar-refractivity contribution < 1.29 is 0 Å². The summed E-state index contributed by atoms with van der Waals surface area (Å²) in [6, 6.07) is 4.70. The van der Waals surface area contributed by atoms with Crippen molar-refractivity contribution >= 4 is 11.8 Å². The summed E-state index contributed by atoms with van der Waals surface area (Å²) < 4.78 is 0.336. The summed E-state index contributed by atoms with van der Waals surface area (Å²) in [5.74, 6) is 1.15. The molecule has 3 heteroatoms. The molecule has 0 radical (unpaired) electrons. The summed E-state index contributed by atoms with van der Waals surface area (Å²) in [7, 11) is 0. The van der Waals surface area contributed by atoms with Gasteiger partial charge in [0.2, 0.25) is 0 Å². The molecular formula is C14H24N2S. The molecule has 0 saturated carbocycles. The van der Waals surface area contributed by atoms with E-state index < -0.39 is 0 Å². The number of hydrogen-bond donors (Lipinski definition) is 1. The van der Waals surface area contributed by atoms with E-state index in [-0.39, 0.29) is 0 Å². The van der Waals surface area contributed by atoms with Gasteiger partial charge in [0, 0.05) is 28.9 Å². The maximum Gasteiger partial charge on any atom is 0.0300 e. The van der Waals surface area contributed by atoms with Crippen molar-refractivity contribution in [3.63, 3.8) is 0 Å². The van der Waals surface area contributed by atoms with Gasteiger partial charge in [-0.1, -0.05) is 33.8 Å². The van der Waals surface area contributed by atoms with Crippen molar-refractivity contribution in [1.82, 2.24) is 10.3 Å². The molecule has 1 unspecified atom stereocenters. The molecular weight excluding hydrogens is 228 g/mol. The number of thioether (sulfide) groups is 1. The second-order valence-electron chi connectivity index (χ2n) is 5.24. The van der Waals surface area contributed by atoms with E-state index in [1.807, 2.05) is 30.2 Å². The summed E-state index contributed by atoms with van der Waals surface area (Å²) in [5.41, 5.74) is 1.31. The Morgan fingerprint density at radius 1 is 1.41 bits per heavy atom. The normalized spacial score (nSPS) is 13.6. The van der Waals surface area contributed by atoms with Crippen LogP contribution in [-0.4, -0.2) is 28.1 Å². The van der Waals surface area contributed by atoms with Gasteiger partial charge in [0.1, 0.15) is 0 Å². The summed E-state index contributed by atoms with van der Waals surface area (Å²) in [5, 5.41) is 3.56. The third-order valence-corrected chi connectivity index (χ3v) is 3.85. The molecule has 1 N–H and O–H groups in total. The second kappa shape index (κ2) is 7.02. The zero-order chi connectivity index (χ0) is 12.7. The minimum atomic E-state index is 0.336. The van der Waals surface area contributed by atoms with E-state index in [4.69, 9.17) is 0 Å². The number of rotatable bonds is 6. The Bertz CT molecular complexity index is 306. The molecule has 17 heavy (non-hydrogen) atoms. The van der Waals surface area contributed by atoms with Gasteiger partial charge in [0.15, 0.2) is 0 Å².